The van der Waals surface area contributed by atoms with Crippen LogP contribution >= 0.6 is 0 Å². The van der Waals surface area contributed by atoms with Gasteiger partial charge in [0.05, 0.1) is 23.8 Å². The number of hydrogen-bond donors (Lipinski definition) is 1. The molecule has 0 radical (unpaired) electrons. The molecule has 1 aromatic heterocycles. The molecule has 4 atom stereocenters. The number of hydrogen-bond acceptors (Lipinski definition) is 4. The van der Waals surface area contributed by atoms with E-state index in [0.29, 0.717) is 18.4 Å². The van der Waals surface area contributed by atoms with E-state index in [1.165, 1.54) is 0 Å². The topological polar surface area (TPSA) is 69.0 Å². The number of amides is 1. The molecule has 2 aliphatic carbocycles. The first kappa shape index (κ1) is 16.2. The van der Waals surface area contributed by atoms with Crippen molar-refractivity contribution in [2.75, 3.05) is 13.7 Å². The van der Waals surface area contributed by atoms with Crippen molar-refractivity contribution < 1.29 is 9.53 Å². The molecule has 2 saturated carbocycles. The fourth-order valence-corrected chi connectivity index (χ4v) is 3.38. The largest absolute Gasteiger partial charge is 0.381 e. The van der Waals surface area contributed by atoms with Gasteiger partial charge in [-0.15, -0.1) is 5.10 Å². The molecule has 23 heavy (non-hydrogen) atoms. The van der Waals surface area contributed by atoms with E-state index in [4.69, 9.17) is 4.74 Å². The van der Waals surface area contributed by atoms with Crippen LogP contribution < -0.4 is 5.32 Å². The maximum atomic E-state index is 12.3. The Morgan fingerprint density at radius 2 is 2.30 bits per heavy atom. The first-order valence-corrected chi connectivity index (χ1v) is 8.37. The molecular formula is C17H26N4O2. The lowest BCUT2D eigenvalue weighted by Crippen LogP contribution is -2.45. The van der Waals surface area contributed by atoms with Gasteiger partial charge < -0.3 is 10.1 Å². The SMILES string of the molecule is CO[C@@H]1C[C@@]2(C(=O)NCC(C)n3cc(/C=C/C(C)C)nn3)C[C@@H]12. The maximum absolute atomic E-state index is 12.3. The monoisotopic (exact) mass is 318 g/mol. The highest BCUT2D eigenvalue weighted by molar-refractivity contribution is 5.87. The number of fused-ring (bicyclic) bond motifs is 1. The zero-order valence-electron chi connectivity index (χ0n) is 14.3. The molecule has 1 N–H and O–H groups in total. The Labute approximate surface area is 137 Å². The molecule has 1 aromatic rings. The Kier molecular flexibility index (Phi) is 4.27. The molecule has 1 heterocycles. The van der Waals surface area contributed by atoms with Gasteiger partial charge in [-0.2, -0.15) is 0 Å². The van der Waals surface area contributed by atoms with Crippen LogP contribution in [0.2, 0.25) is 0 Å². The third-order valence-electron chi connectivity index (χ3n) is 5.09. The van der Waals surface area contributed by atoms with E-state index in [1.807, 2.05) is 19.2 Å². The average Bonchev–Trinajstić information content (AvgIpc) is 2.90. The first-order valence-electron chi connectivity index (χ1n) is 8.37. The van der Waals surface area contributed by atoms with Gasteiger partial charge in [-0.3, -0.25) is 4.79 Å². The lowest BCUT2D eigenvalue weighted by Gasteiger charge is -2.32. The highest BCUT2D eigenvalue weighted by Gasteiger charge is 2.71. The third kappa shape index (κ3) is 3.04. The maximum Gasteiger partial charge on any atom is 0.226 e. The molecule has 6 nitrogen and oxygen atoms in total. The van der Waals surface area contributed by atoms with Crippen LogP contribution in [0.4, 0.5) is 0 Å². The van der Waals surface area contributed by atoms with E-state index < -0.39 is 0 Å². The molecule has 2 fully saturated rings. The van der Waals surface area contributed by atoms with Crippen LogP contribution in [0.15, 0.2) is 12.3 Å². The summed E-state index contributed by atoms with van der Waals surface area (Å²) in [4.78, 5) is 12.3. The first-order chi connectivity index (χ1) is 11.0. The Balaban J connectivity index is 1.49. The Morgan fingerprint density at radius 1 is 1.52 bits per heavy atom. The van der Waals surface area contributed by atoms with Gasteiger partial charge in [0.2, 0.25) is 5.91 Å². The number of nitrogens with one attached hydrogen (secondary N) is 1. The second kappa shape index (κ2) is 6.07. The summed E-state index contributed by atoms with van der Waals surface area (Å²) in [5.74, 6) is 1.09. The van der Waals surface area contributed by atoms with Gasteiger partial charge in [-0.25, -0.2) is 4.68 Å². The smallest absolute Gasteiger partial charge is 0.226 e. The summed E-state index contributed by atoms with van der Waals surface area (Å²) >= 11 is 0. The zero-order valence-corrected chi connectivity index (χ0v) is 14.3. The average molecular weight is 318 g/mol. The van der Waals surface area contributed by atoms with Gasteiger partial charge in [-0.1, -0.05) is 25.1 Å². The number of methoxy groups -OCH3 is 1. The van der Waals surface area contributed by atoms with E-state index in [2.05, 4.69) is 35.6 Å². The highest BCUT2D eigenvalue weighted by atomic mass is 16.5. The van der Waals surface area contributed by atoms with Crippen LogP contribution in [-0.4, -0.2) is 40.7 Å². The number of nitrogens with zero attached hydrogens (tertiary/aromatic N) is 3. The van der Waals surface area contributed by atoms with Crippen molar-refractivity contribution in [3.05, 3.63) is 18.0 Å². The minimum Gasteiger partial charge on any atom is -0.381 e. The second-order valence-corrected chi connectivity index (χ2v) is 7.23. The van der Waals surface area contributed by atoms with Crippen LogP contribution in [0.5, 0.6) is 0 Å². The van der Waals surface area contributed by atoms with Crippen LogP contribution in [0, 0.1) is 17.3 Å². The van der Waals surface area contributed by atoms with Gasteiger partial charge in [0.1, 0.15) is 5.69 Å². The van der Waals surface area contributed by atoms with Gasteiger partial charge in [0, 0.05) is 19.6 Å². The van der Waals surface area contributed by atoms with Crippen LogP contribution in [0.25, 0.3) is 6.08 Å². The van der Waals surface area contributed by atoms with Gasteiger partial charge >= 0.3 is 0 Å². The van der Waals surface area contributed by atoms with E-state index >= 15 is 0 Å². The third-order valence-corrected chi connectivity index (χ3v) is 5.09. The van der Waals surface area contributed by atoms with Crippen molar-refractivity contribution >= 4 is 12.0 Å². The molecule has 1 amide bonds. The lowest BCUT2D eigenvalue weighted by molar-refractivity contribution is -0.134. The molecule has 2 aliphatic rings. The van der Waals surface area contributed by atoms with Gasteiger partial charge in [0.15, 0.2) is 0 Å². The molecule has 0 aliphatic heterocycles. The van der Waals surface area contributed by atoms with Gasteiger partial charge in [0.25, 0.3) is 0 Å². The fraction of sp³-hybridized carbons (Fsp3) is 0.706. The van der Waals surface area contributed by atoms with Crippen LogP contribution in [0.1, 0.15) is 45.3 Å². The van der Waals surface area contributed by atoms with Crippen molar-refractivity contribution in [1.29, 1.82) is 0 Å². The zero-order chi connectivity index (χ0) is 16.6. The highest BCUT2D eigenvalue weighted by Crippen LogP contribution is 2.68. The van der Waals surface area contributed by atoms with Crippen LogP contribution in [0.3, 0.4) is 0 Å². The van der Waals surface area contributed by atoms with Crippen molar-refractivity contribution in [1.82, 2.24) is 20.3 Å². The second-order valence-electron chi connectivity index (χ2n) is 7.23. The molecule has 0 aromatic carbocycles. The minimum absolute atomic E-state index is 0.0829. The number of ether oxygens (including phenoxy) is 1. The van der Waals surface area contributed by atoms with Crippen molar-refractivity contribution in [2.45, 2.75) is 45.8 Å². The Bertz CT molecular complexity index is 609. The molecule has 6 heteroatoms. The number of allylic oxidation sites excluding steroid dienone is 1. The van der Waals surface area contributed by atoms with Gasteiger partial charge in [-0.05, 0) is 31.8 Å². The summed E-state index contributed by atoms with van der Waals surface area (Å²) in [6, 6.07) is 0.0829. The summed E-state index contributed by atoms with van der Waals surface area (Å²) < 4.78 is 7.15. The predicted octanol–water partition coefficient (Wildman–Crippen LogP) is 2.05. The number of carbonyl (C=O) groups excluding carboxylic acids is 1. The summed E-state index contributed by atoms with van der Waals surface area (Å²) in [5, 5.41) is 11.4. The summed E-state index contributed by atoms with van der Waals surface area (Å²) in [5.41, 5.74) is 0.716. The number of aromatic nitrogens is 3. The quantitative estimate of drug-likeness (QED) is 0.835. The van der Waals surface area contributed by atoms with Crippen LogP contribution in [-0.2, 0) is 9.53 Å². The van der Waals surface area contributed by atoms with Crippen molar-refractivity contribution in [3.8, 4) is 0 Å². The van der Waals surface area contributed by atoms with E-state index in [0.717, 1.165) is 18.5 Å². The normalized spacial score (nSPS) is 30.1. The minimum atomic E-state index is -0.131. The molecule has 0 saturated heterocycles. The van der Waals surface area contributed by atoms with Crippen molar-refractivity contribution in [3.63, 3.8) is 0 Å². The Morgan fingerprint density at radius 3 is 2.96 bits per heavy atom. The molecule has 0 spiro atoms. The van der Waals surface area contributed by atoms with E-state index in [1.54, 1.807) is 11.8 Å². The standard InChI is InChI=1S/C17H26N4O2/c1-11(2)5-6-13-10-21(20-19-13)12(3)9-18-16(22)17-7-14(17)15(8-17)23-4/h5-6,10-12,14-15H,7-9H2,1-4H3,(H,18,22)/b6-5+/t12?,14-,15+,17-/m0/s1. The summed E-state index contributed by atoms with van der Waals surface area (Å²) in [6.45, 7) is 6.85. The summed E-state index contributed by atoms with van der Waals surface area (Å²) in [7, 11) is 1.73. The predicted molar refractivity (Wildman–Crippen MR) is 87.6 cm³/mol. The molecule has 0 bridgehead atoms. The fourth-order valence-electron chi connectivity index (χ4n) is 3.38. The molecule has 126 valence electrons. The number of carbonyl (C=O) groups is 1. The van der Waals surface area contributed by atoms with E-state index in [-0.39, 0.29) is 23.5 Å². The number of rotatable bonds is 7. The molecular weight excluding hydrogens is 292 g/mol. The molecule has 3 rings (SSSR count). The molecule has 1 unspecified atom stereocenters. The van der Waals surface area contributed by atoms with E-state index in [9.17, 15) is 4.79 Å². The van der Waals surface area contributed by atoms with Crippen molar-refractivity contribution in [2.24, 2.45) is 17.3 Å². The lowest BCUT2D eigenvalue weighted by atomic mass is 9.81. The summed E-state index contributed by atoms with van der Waals surface area (Å²) in [6.07, 6.45) is 8.10. The Hall–Kier alpha value is -1.69.